The standard InChI is InChI=1S/C18H34O4S/c1-3-5-6-7-8-9-10-11-15(4-2)16(18(21)22)14-23-13-12-17(19)20/h15-16H,3-14H2,1-2H3,(H,19,20)(H,21,22). The fraction of sp³-hybridized carbons (Fsp3) is 0.889. The summed E-state index contributed by atoms with van der Waals surface area (Å²) in [6.45, 7) is 4.27. The van der Waals surface area contributed by atoms with Crippen LogP contribution in [0.3, 0.4) is 0 Å². The molecule has 0 fully saturated rings. The summed E-state index contributed by atoms with van der Waals surface area (Å²) in [5.41, 5.74) is 0. The first-order valence-corrected chi connectivity index (χ1v) is 10.2. The molecule has 0 aliphatic heterocycles. The van der Waals surface area contributed by atoms with Crippen LogP contribution in [0.2, 0.25) is 0 Å². The van der Waals surface area contributed by atoms with Gasteiger partial charge >= 0.3 is 11.9 Å². The van der Waals surface area contributed by atoms with Gasteiger partial charge in [-0.25, -0.2) is 0 Å². The first-order valence-electron chi connectivity index (χ1n) is 9.05. The maximum Gasteiger partial charge on any atom is 0.307 e. The number of hydrogen-bond acceptors (Lipinski definition) is 3. The summed E-state index contributed by atoms with van der Waals surface area (Å²) in [6.07, 6.45) is 10.7. The molecule has 2 unspecified atom stereocenters. The summed E-state index contributed by atoms with van der Waals surface area (Å²) < 4.78 is 0. The van der Waals surface area contributed by atoms with Gasteiger partial charge in [0.15, 0.2) is 0 Å². The van der Waals surface area contributed by atoms with Gasteiger partial charge in [-0.1, -0.05) is 65.2 Å². The summed E-state index contributed by atoms with van der Waals surface area (Å²) in [5, 5.41) is 18.1. The molecule has 0 bridgehead atoms. The Kier molecular flexibility index (Phi) is 14.4. The van der Waals surface area contributed by atoms with Crippen molar-refractivity contribution >= 4 is 23.7 Å². The normalized spacial score (nSPS) is 13.7. The van der Waals surface area contributed by atoms with Crippen LogP contribution >= 0.6 is 11.8 Å². The van der Waals surface area contributed by atoms with Crippen molar-refractivity contribution in [2.24, 2.45) is 11.8 Å². The van der Waals surface area contributed by atoms with Gasteiger partial charge in [-0.15, -0.1) is 0 Å². The number of carbonyl (C=O) groups is 2. The Labute approximate surface area is 145 Å². The molecule has 23 heavy (non-hydrogen) atoms. The van der Waals surface area contributed by atoms with Crippen LogP contribution in [0.5, 0.6) is 0 Å². The third-order valence-corrected chi connectivity index (χ3v) is 5.43. The lowest BCUT2D eigenvalue weighted by atomic mass is 9.86. The number of hydrogen-bond donors (Lipinski definition) is 2. The second-order valence-electron chi connectivity index (χ2n) is 6.24. The molecule has 0 aliphatic carbocycles. The Morgan fingerprint density at radius 3 is 2.09 bits per heavy atom. The zero-order valence-corrected chi connectivity index (χ0v) is 15.6. The number of carboxylic acids is 2. The van der Waals surface area contributed by atoms with Gasteiger partial charge in [-0.3, -0.25) is 9.59 Å². The molecular formula is C18H34O4S. The maximum atomic E-state index is 11.5. The maximum absolute atomic E-state index is 11.5. The minimum atomic E-state index is -0.820. The van der Waals surface area contributed by atoms with E-state index in [1.807, 2.05) is 0 Å². The van der Waals surface area contributed by atoms with Gasteiger partial charge in [0.25, 0.3) is 0 Å². The topological polar surface area (TPSA) is 74.6 Å². The zero-order valence-electron chi connectivity index (χ0n) is 14.8. The molecule has 0 spiro atoms. The fourth-order valence-corrected chi connectivity index (χ4v) is 3.99. The largest absolute Gasteiger partial charge is 0.481 e. The number of thioether (sulfide) groups is 1. The molecule has 5 heteroatoms. The number of aliphatic carboxylic acids is 2. The number of rotatable bonds is 16. The van der Waals surface area contributed by atoms with Gasteiger partial charge < -0.3 is 10.2 Å². The average Bonchev–Trinajstić information content (AvgIpc) is 2.50. The molecule has 0 heterocycles. The van der Waals surface area contributed by atoms with E-state index in [2.05, 4.69) is 13.8 Å². The molecule has 0 aromatic rings. The highest BCUT2D eigenvalue weighted by atomic mass is 32.2. The van der Waals surface area contributed by atoms with E-state index in [0.717, 1.165) is 19.3 Å². The van der Waals surface area contributed by atoms with E-state index in [1.54, 1.807) is 0 Å². The third-order valence-electron chi connectivity index (χ3n) is 4.35. The van der Waals surface area contributed by atoms with Crippen LogP contribution in [0.25, 0.3) is 0 Å². The van der Waals surface area contributed by atoms with Gasteiger partial charge in [0.2, 0.25) is 0 Å². The van der Waals surface area contributed by atoms with Crippen molar-refractivity contribution in [1.29, 1.82) is 0 Å². The van der Waals surface area contributed by atoms with Crippen LogP contribution < -0.4 is 0 Å². The first-order chi connectivity index (χ1) is 11.0. The lowest BCUT2D eigenvalue weighted by molar-refractivity contribution is -0.143. The lowest BCUT2D eigenvalue weighted by Gasteiger charge is -2.22. The molecule has 2 N–H and O–H groups in total. The lowest BCUT2D eigenvalue weighted by Crippen LogP contribution is -2.26. The van der Waals surface area contributed by atoms with E-state index in [-0.39, 0.29) is 18.3 Å². The molecular weight excluding hydrogens is 312 g/mol. The molecule has 0 aromatic carbocycles. The molecule has 0 rings (SSSR count). The summed E-state index contributed by atoms with van der Waals surface area (Å²) in [6, 6.07) is 0. The Hall–Kier alpha value is -0.710. The van der Waals surface area contributed by atoms with Gasteiger partial charge in [0, 0.05) is 11.5 Å². The Balaban J connectivity index is 4.02. The second kappa shape index (κ2) is 14.9. The predicted octanol–water partition coefficient (Wildman–Crippen LogP) is 5.06. The van der Waals surface area contributed by atoms with Crippen molar-refractivity contribution in [2.75, 3.05) is 11.5 Å². The molecule has 0 aromatic heterocycles. The first kappa shape index (κ1) is 22.3. The van der Waals surface area contributed by atoms with Crippen molar-refractivity contribution in [3.63, 3.8) is 0 Å². The van der Waals surface area contributed by atoms with Crippen molar-refractivity contribution in [3.05, 3.63) is 0 Å². The minimum Gasteiger partial charge on any atom is -0.481 e. The highest BCUT2D eigenvalue weighted by Crippen LogP contribution is 2.27. The quantitative estimate of drug-likeness (QED) is 0.382. The monoisotopic (exact) mass is 346 g/mol. The van der Waals surface area contributed by atoms with Gasteiger partial charge in [-0.05, 0) is 12.3 Å². The smallest absolute Gasteiger partial charge is 0.307 e. The van der Waals surface area contributed by atoms with Crippen molar-refractivity contribution < 1.29 is 19.8 Å². The van der Waals surface area contributed by atoms with Crippen LogP contribution in [0.1, 0.15) is 78.1 Å². The molecule has 0 saturated heterocycles. The molecule has 2 atom stereocenters. The summed E-state index contributed by atoms with van der Waals surface area (Å²) in [5.74, 6) is -0.675. The number of unbranched alkanes of at least 4 members (excludes halogenated alkanes) is 6. The van der Waals surface area contributed by atoms with Gasteiger partial charge in [0.05, 0.1) is 12.3 Å². The summed E-state index contributed by atoms with van der Waals surface area (Å²) in [7, 11) is 0. The molecule has 0 aliphatic rings. The SMILES string of the molecule is CCCCCCCCCC(CC)C(CSCCC(=O)O)C(=O)O. The highest BCUT2D eigenvalue weighted by Gasteiger charge is 2.26. The van der Waals surface area contributed by atoms with E-state index in [1.165, 1.54) is 50.3 Å². The Morgan fingerprint density at radius 1 is 0.957 bits per heavy atom. The molecule has 4 nitrogen and oxygen atoms in total. The van der Waals surface area contributed by atoms with Crippen molar-refractivity contribution in [2.45, 2.75) is 78.1 Å². The van der Waals surface area contributed by atoms with E-state index >= 15 is 0 Å². The zero-order chi connectivity index (χ0) is 17.5. The third kappa shape index (κ3) is 12.4. The fourth-order valence-electron chi connectivity index (χ4n) is 2.83. The number of carboxylic acid groups (broad SMARTS) is 2. The van der Waals surface area contributed by atoms with E-state index in [4.69, 9.17) is 5.11 Å². The summed E-state index contributed by atoms with van der Waals surface area (Å²) in [4.78, 5) is 22.0. The molecule has 0 saturated carbocycles. The van der Waals surface area contributed by atoms with Crippen molar-refractivity contribution in [3.8, 4) is 0 Å². The van der Waals surface area contributed by atoms with Crippen LogP contribution in [0.15, 0.2) is 0 Å². The van der Waals surface area contributed by atoms with Gasteiger partial charge in [-0.2, -0.15) is 11.8 Å². The highest BCUT2D eigenvalue weighted by molar-refractivity contribution is 7.99. The average molecular weight is 347 g/mol. The second-order valence-corrected chi connectivity index (χ2v) is 7.39. The molecule has 136 valence electrons. The Bertz CT molecular complexity index is 320. The molecule has 0 radical (unpaired) electrons. The van der Waals surface area contributed by atoms with Gasteiger partial charge in [0.1, 0.15) is 0 Å². The van der Waals surface area contributed by atoms with Crippen LogP contribution in [-0.2, 0) is 9.59 Å². The minimum absolute atomic E-state index is 0.103. The Morgan fingerprint density at radius 2 is 1.57 bits per heavy atom. The van der Waals surface area contributed by atoms with E-state index in [0.29, 0.717) is 11.5 Å². The van der Waals surface area contributed by atoms with Crippen LogP contribution in [0, 0.1) is 11.8 Å². The summed E-state index contributed by atoms with van der Waals surface area (Å²) >= 11 is 1.45. The van der Waals surface area contributed by atoms with Crippen LogP contribution in [0.4, 0.5) is 0 Å². The van der Waals surface area contributed by atoms with Crippen molar-refractivity contribution in [1.82, 2.24) is 0 Å². The van der Waals surface area contributed by atoms with Crippen LogP contribution in [-0.4, -0.2) is 33.7 Å². The molecule has 0 amide bonds. The predicted molar refractivity (Wildman–Crippen MR) is 97.1 cm³/mol. The van der Waals surface area contributed by atoms with E-state index < -0.39 is 11.9 Å². The van der Waals surface area contributed by atoms with E-state index in [9.17, 15) is 14.7 Å².